The molecule has 3 rings (SSSR count). The Morgan fingerprint density at radius 1 is 1.35 bits per heavy atom. The van der Waals surface area contributed by atoms with Crippen LogP contribution in [0, 0.1) is 0 Å². The molecule has 1 aliphatic rings. The van der Waals surface area contributed by atoms with Crippen LogP contribution >= 0.6 is 0 Å². The molecule has 0 radical (unpaired) electrons. The smallest absolute Gasteiger partial charge is 0.275 e. The summed E-state index contributed by atoms with van der Waals surface area (Å²) in [5, 5.41) is 0. The number of para-hydroxylation sites is 1. The zero-order valence-electron chi connectivity index (χ0n) is 13.4. The highest BCUT2D eigenvalue weighted by atomic mass is 16.5. The third-order valence-corrected chi connectivity index (χ3v) is 4.12. The Morgan fingerprint density at radius 3 is 2.87 bits per heavy atom. The Balaban J connectivity index is 1.59. The molecule has 0 aliphatic carbocycles. The fourth-order valence-electron chi connectivity index (χ4n) is 2.53. The normalized spacial score (nSPS) is 18.9. The second kappa shape index (κ2) is 6.83. The quantitative estimate of drug-likeness (QED) is 0.864. The molecule has 23 heavy (non-hydrogen) atoms. The molecule has 1 saturated heterocycles. The summed E-state index contributed by atoms with van der Waals surface area (Å²) in [6.07, 6.45) is 1.41. The highest BCUT2D eigenvalue weighted by molar-refractivity contribution is 5.92. The molecular formula is C17H21N3O3. The standard InChI is InChI=1S/C17H21N3O3/c1-13-10-20(9-8-19(13)2)17(21)15-11-23-16(18-15)12-22-14-6-4-3-5-7-14/h3-7,11,13H,8-10,12H2,1-2H3/t13-/m1/s1. The van der Waals surface area contributed by atoms with Crippen LogP contribution in [-0.4, -0.2) is 53.4 Å². The highest BCUT2D eigenvalue weighted by Gasteiger charge is 2.26. The number of nitrogens with zero attached hydrogens (tertiary/aromatic N) is 3. The van der Waals surface area contributed by atoms with Gasteiger partial charge in [-0.25, -0.2) is 4.98 Å². The molecule has 122 valence electrons. The van der Waals surface area contributed by atoms with Crippen molar-refractivity contribution in [2.24, 2.45) is 0 Å². The van der Waals surface area contributed by atoms with Gasteiger partial charge in [0.05, 0.1) is 0 Å². The first-order valence-electron chi connectivity index (χ1n) is 7.75. The van der Waals surface area contributed by atoms with Gasteiger partial charge in [-0.15, -0.1) is 0 Å². The van der Waals surface area contributed by atoms with Crippen molar-refractivity contribution < 1.29 is 13.9 Å². The molecule has 0 unspecified atom stereocenters. The number of likely N-dealkylation sites (N-methyl/N-ethyl adjacent to an activating group) is 1. The maximum atomic E-state index is 12.5. The van der Waals surface area contributed by atoms with Crippen LogP contribution in [0.4, 0.5) is 0 Å². The van der Waals surface area contributed by atoms with E-state index < -0.39 is 0 Å². The molecule has 0 saturated carbocycles. The summed E-state index contributed by atoms with van der Waals surface area (Å²) in [4.78, 5) is 20.8. The summed E-state index contributed by atoms with van der Waals surface area (Å²) in [7, 11) is 2.07. The van der Waals surface area contributed by atoms with E-state index in [0.717, 1.165) is 12.3 Å². The monoisotopic (exact) mass is 315 g/mol. The van der Waals surface area contributed by atoms with Gasteiger partial charge < -0.3 is 19.0 Å². The lowest BCUT2D eigenvalue weighted by Crippen LogP contribution is -2.52. The number of carbonyl (C=O) groups is 1. The highest BCUT2D eigenvalue weighted by Crippen LogP contribution is 2.14. The van der Waals surface area contributed by atoms with E-state index in [1.54, 1.807) is 0 Å². The van der Waals surface area contributed by atoms with Crippen LogP contribution in [0.5, 0.6) is 5.75 Å². The second-order valence-electron chi connectivity index (χ2n) is 5.81. The molecule has 1 amide bonds. The van der Waals surface area contributed by atoms with Gasteiger partial charge in [0.25, 0.3) is 5.91 Å². The van der Waals surface area contributed by atoms with Gasteiger partial charge in [0.2, 0.25) is 5.89 Å². The maximum absolute atomic E-state index is 12.5. The number of carbonyl (C=O) groups excluding carboxylic acids is 1. The first-order chi connectivity index (χ1) is 11.1. The third-order valence-electron chi connectivity index (χ3n) is 4.12. The van der Waals surface area contributed by atoms with Crippen molar-refractivity contribution in [3.63, 3.8) is 0 Å². The SMILES string of the molecule is C[C@@H]1CN(C(=O)c2coc(COc3ccccc3)n2)CCN1C. The van der Waals surface area contributed by atoms with E-state index in [1.807, 2.05) is 35.2 Å². The van der Waals surface area contributed by atoms with Crippen LogP contribution in [0.3, 0.4) is 0 Å². The molecular weight excluding hydrogens is 294 g/mol. The Morgan fingerprint density at radius 2 is 2.13 bits per heavy atom. The van der Waals surface area contributed by atoms with Crippen molar-refractivity contribution in [2.45, 2.75) is 19.6 Å². The predicted molar refractivity (Wildman–Crippen MR) is 85.3 cm³/mol. The van der Waals surface area contributed by atoms with Gasteiger partial charge in [-0.1, -0.05) is 18.2 Å². The Bertz CT molecular complexity index is 656. The van der Waals surface area contributed by atoms with Gasteiger partial charge in [-0.3, -0.25) is 4.79 Å². The molecule has 6 nitrogen and oxygen atoms in total. The number of oxazole rings is 1. The lowest BCUT2D eigenvalue weighted by atomic mass is 10.2. The van der Waals surface area contributed by atoms with E-state index in [0.29, 0.717) is 30.7 Å². The van der Waals surface area contributed by atoms with Crippen LogP contribution in [0.2, 0.25) is 0 Å². The fourth-order valence-corrected chi connectivity index (χ4v) is 2.53. The average molecular weight is 315 g/mol. The molecule has 0 spiro atoms. The van der Waals surface area contributed by atoms with E-state index in [4.69, 9.17) is 9.15 Å². The maximum Gasteiger partial charge on any atom is 0.275 e. The van der Waals surface area contributed by atoms with Crippen molar-refractivity contribution in [3.05, 3.63) is 48.2 Å². The molecule has 0 bridgehead atoms. The summed E-state index contributed by atoms with van der Waals surface area (Å²) >= 11 is 0. The minimum absolute atomic E-state index is 0.0836. The third kappa shape index (κ3) is 3.71. The minimum Gasteiger partial charge on any atom is -0.484 e. The number of hydrogen-bond donors (Lipinski definition) is 0. The van der Waals surface area contributed by atoms with Crippen molar-refractivity contribution in [1.29, 1.82) is 0 Å². The first-order valence-corrected chi connectivity index (χ1v) is 7.75. The predicted octanol–water partition coefficient (Wildman–Crippen LogP) is 2.03. The van der Waals surface area contributed by atoms with Crippen molar-refractivity contribution >= 4 is 5.91 Å². The number of amides is 1. The Hall–Kier alpha value is -2.34. The van der Waals surface area contributed by atoms with Gasteiger partial charge in [-0.2, -0.15) is 0 Å². The van der Waals surface area contributed by atoms with Crippen molar-refractivity contribution in [2.75, 3.05) is 26.7 Å². The van der Waals surface area contributed by atoms with Crippen LogP contribution in [-0.2, 0) is 6.61 Å². The molecule has 2 heterocycles. The van der Waals surface area contributed by atoms with E-state index in [2.05, 4.69) is 23.9 Å². The summed E-state index contributed by atoms with van der Waals surface area (Å²) < 4.78 is 10.9. The summed E-state index contributed by atoms with van der Waals surface area (Å²) in [6, 6.07) is 9.79. The van der Waals surface area contributed by atoms with E-state index in [1.165, 1.54) is 6.26 Å². The van der Waals surface area contributed by atoms with Gasteiger partial charge in [-0.05, 0) is 26.1 Å². The Kier molecular flexibility index (Phi) is 4.62. The molecule has 1 fully saturated rings. The number of aromatic nitrogens is 1. The van der Waals surface area contributed by atoms with Gasteiger partial charge in [0.15, 0.2) is 12.3 Å². The Labute approximate surface area is 135 Å². The van der Waals surface area contributed by atoms with Crippen molar-refractivity contribution in [1.82, 2.24) is 14.8 Å². The van der Waals surface area contributed by atoms with Gasteiger partial charge in [0, 0.05) is 25.7 Å². The number of ether oxygens (including phenoxy) is 1. The molecule has 6 heteroatoms. The molecule has 0 N–H and O–H groups in total. The van der Waals surface area contributed by atoms with Gasteiger partial charge in [0.1, 0.15) is 12.0 Å². The average Bonchev–Trinajstić information content (AvgIpc) is 3.05. The van der Waals surface area contributed by atoms with Crippen LogP contribution < -0.4 is 4.74 Å². The zero-order chi connectivity index (χ0) is 16.2. The van der Waals surface area contributed by atoms with E-state index in [9.17, 15) is 4.79 Å². The van der Waals surface area contributed by atoms with Crippen molar-refractivity contribution in [3.8, 4) is 5.75 Å². The number of benzene rings is 1. The number of rotatable bonds is 4. The molecule has 2 aromatic rings. The first kappa shape index (κ1) is 15.6. The van der Waals surface area contributed by atoms with Crippen LogP contribution in [0.15, 0.2) is 41.0 Å². The largest absolute Gasteiger partial charge is 0.484 e. The lowest BCUT2D eigenvalue weighted by molar-refractivity contribution is 0.0566. The van der Waals surface area contributed by atoms with Crippen LogP contribution in [0.25, 0.3) is 0 Å². The summed E-state index contributed by atoms with van der Waals surface area (Å²) in [5.41, 5.74) is 0.341. The molecule has 1 aromatic heterocycles. The molecule has 1 atom stereocenters. The fraction of sp³-hybridized carbons (Fsp3) is 0.412. The van der Waals surface area contributed by atoms with Crippen LogP contribution in [0.1, 0.15) is 23.3 Å². The van der Waals surface area contributed by atoms with E-state index in [-0.39, 0.29) is 12.5 Å². The summed E-state index contributed by atoms with van der Waals surface area (Å²) in [5.74, 6) is 1.06. The number of hydrogen-bond acceptors (Lipinski definition) is 5. The second-order valence-corrected chi connectivity index (χ2v) is 5.81. The number of piperazine rings is 1. The zero-order valence-corrected chi connectivity index (χ0v) is 13.4. The molecule has 1 aliphatic heterocycles. The van der Waals surface area contributed by atoms with E-state index >= 15 is 0 Å². The molecule has 1 aromatic carbocycles. The van der Waals surface area contributed by atoms with Gasteiger partial charge >= 0.3 is 0 Å². The minimum atomic E-state index is -0.0836. The topological polar surface area (TPSA) is 58.8 Å². The summed E-state index contributed by atoms with van der Waals surface area (Å²) in [6.45, 7) is 4.60. The lowest BCUT2D eigenvalue weighted by Gasteiger charge is -2.37.